The predicted octanol–water partition coefficient (Wildman–Crippen LogP) is 4.51. The number of esters is 1. The summed E-state index contributed by atoms with van der Waals surface area (Å²) in [5, 5.41) is 8.97. The van der Waals surface area contributed by atoms with Crippen molar-refractivity contribution in [2.24, 2.45) is 0 Å². The van der Waals surface area contributed by atoms with Crippen LogP contribution in [0.25, 0.3) is 0 Å². The van der Waals surface area contributed by atoms with Crippen molar-refractivity contribution >= 4 is 51.3 Å². The van der Waals surface area contributed by atoms with E-state index >= 15 is 0 Å². The van der Waals surface area contributed by atoms with Crippen LogP contribution in [0.2, 0.25) is 5.02 Å². The van der Waals surface area contributed by atoms with Crippen molar-refractivity contribution in [3.05, 3.63) is 70.2 Å². The molecule has 0 fully saturated rings. The minimum absolute atomic E-state index is 0.0865. The zero-order valence-electron chi connectivity index (χ0n) is 14.4. The summed E-state index contributed by atoms with van der Waals surface area (Å²) in [6.07, 6.45) is 0.0865. The molecule has 8 heteroatoms. The lowest BCUT2D eigenvalue weighted by atomic mass is 10.1. The third kappa shape index (κ3) is 5.06. The Bertz CT molecular complexity index is 974. The molecule has 0 saturated heterocycles. The summed E-state index contributed by atoms with van der Waals surface area (Å²) in [4.78, 5) is 28.5. The molecule has 0 aliphatic rings. The Morgan fingerprint density at radius 1 is 1.19 bits per heavy atom. The molecule has 3 aromatic rings. The van der Waals surface area contributed by atoms with Crippen LogP contribution in [0.5, 0.6) is 0 Å². The third-order valence-corrected chi connectivity index (χ3v) is 4.62. The van der Waals surface area contributed by atoms with Crippen molar-refractivity contribution in [2.45, 2.75) is 6.42 Å². The molecule has 0 atom stereocenters. The molecular weight excluding hydrogens is 386 g/mol. The number of halogens is 1. The van der Waals surface area contributed by atoms with Gasteiger partial charge in [-0.15, -0.1) is 11.3 Å². The monoisotopic (exact) mass is 401 g/mol. The average molecular weight is 402 g/mol. The maximum Gasteiger partial charge on any atom is 0.339 e. The van der Waals surface area contributed by atoms with Crippen LogP contribution in [0.1, 0.15) is 16.1 Å². The van der Waals surface area contributed by atoms with Gasteiger partial charge in [0.15, 0.2) is 5.13 Å². The minimum Gasteiger partial charge on any atom is -0.465 e. The summed E-state index contributed by atoms with van der Waals surface area (Å²) in [6.45, 7) is 0. The molecule has 0 aliphatic heterocycles. The number of ether oxygens (including phenoxy) is 1. The molecule has 0 saturated carbocycles. The highest BCUT2D eigenvalue weighted by molar-refractivity contribution is 7.13. The van der Waals surface area contributed by atoms with Gasteiger partial charge in [-0.25, -0.2) is 9.78 Å². The van der Waals surface area contributed by atoms with Gasteiger partial charge < -0.3 is 15.4 Å². The summed E-state index contributed by atoms with van der Waals surface area (Å²) >= 11 is 7.36. The van der Waals surface area contributed by atoms with E-state index < -0.39 is 5.97 Å². The number of aromatic nitrogens is 1. The molecule has 0 aliphatic carbocycles. The second-order valence-corrected chi connectivity index (χ2v) is 6.84. The number of thiazole rings is 1. The van der Waals surface area contributed by atoms with E-state index in [1.165, 1.54) is 18.4 Å². The molecule has 138 valence electrons. The molecule has 2 N–H and O–H groups in total. The Morgan fingerprint density at radius 2 is 2.00 bits per heavy atom. The van der Waals surface area contributed by atoms with Crippen molar-refractivity contribution in [1.29, 1.82) is 0 Å². The molecule has 1 heterocycles. The van der Waals surface area contributed by atoms with Crippen molar-refractivity contribution in [2.75, 3.05) is 17.7 Å². The number of benzene rings is 2. The number of hydrogen-bond acceptors (Lipinski definition) is 6. The summed E-state index contributed by atoms with van der Waals surface area (Å²) < 4.78 is 4.73. The van der Waals surface area contributed by atoms with Crippen molar-refractivity contribution < 1.29 is 14.3 Å². The fraction of sp³-hybridized carbons (Fsp3) is 0.105. The minimum atomic E-state index is -0.507. The van der Waals surface area contributed by atoms with Crippen molar-refractivity contribution in [3.63, 3.8) is 0 Å². The number of carbonyl (C=O) groups excluding carboxylic acids is 2. The molecule has 0 spiro atoms. The van der Waals surface area contributed by atoms with Gasteiger partial charge in [-0.1, -0.05) is 29.8 Å². The van der Waals surface area contributed by atoms with Gasteiger partial charge in [-0.3, -0.25) is 4.79 Å². The number of hydrogen-bond donors (Lipinski definition) is 2. The first-order valence-electron chi connectivity index (χ1n) is 7.99. The highest BCUT2D eigenvalue weighted by Crippen LogP contribution is 2.23. The van der Waals surface area contributed by atoms with Crippen molar-refractivity contribution in [1.82, 2.24) is 4.98 Å². The topological polar surface area (TPSA) is 80.3 Å². The second-order valence-electron chi connectivity index (χ2n) is 5.54. The van der Waals surface area contributed by atoms with Gasteiger partial charge >= 0.3 is 5.97 Å². The number of amides is 1. The fourth-order valence-corrected chi connectivity index (χ4v) is 3.29. The number of para-hydroxylation sites is 1. The number of anilines is 3. The highest BCUT2D eigenvalue weighted by Gasteiger charge is 2.14. The summed E-state index contributed by atoms with van der Waals surface area (Å²) in [5.41, 5.74) is 2.15. The quantitative estimate of drug-likeness (QED) is 0.594. The molecule has 2 aromatic carbocycles. The Labute approximate surface area is 165 Å². The Morgan fingerprint density at radius 3 is 2.78 bits per heavy atom. The molecule has 1 amide bonds. The van der Waals surface area contributed by atoms with Gasteiger partial charge in [0.2, 0.25) is 5.91 Å². The van der Waals surface area contributed by atoms with E-state index in [1.54, 1.807) is 41.8 Å². The van der Waals surface area contributed by atoms with Gasteiger partial charge in [-0.05, 0) is 30.3 Å². The SMILES string of the molecule is COC(=O)c1ccccc1NC(=O)Cc1csc(Nc2cccc(Cl)c2)n1. The number of methoxy groups -OCH3 is 1. The first-order valence-corrected chi connectivity index (χ1v) is 9.25. The lowest BCUT2D eigenvalue weighted by molar-refractivity contribution is -0.115. The molecule has 27 heavy (non-hydrogen) atoms. The molecule has 0 unspecified atom stereocenters. The largest absolute Gasteiger partial charge is 0.465 e. The number of nitrogens with zero attached hydrogens (tertiary/aromatic N) is 1. The van der Waals surface area contributed by atoms with E-state index in [-0.39, 0.29) is 12.3 Å². The van der Waals surface area contributed by atoms with E-state index in [9.17, 15) is 9.59 Å². The fourth-order valence-electron chi connectivity index (χ4n) is 2.37. The predicted molar refractivity (Wildman–Crippen MR) is 107 cm³/mol. The lowest BCUT2D eigenvalue weighted by Gasteiger charge is -2.08. The van der Waals surface area contributed by atoms with Crippen LogP contribution in [0, 0.1) is 0 Å². The van der Waals surface area contributed by atoms with Crippen LogP contribution in [0.4, 0.5) is 16.5 Å². The van der Waals surface area contributed by atoms with E-state index in [2.05, 4.69) is 15.6 Å². The van der Waals surface area contributed by atoms with Crippen LogP contribution in [0.15, 0.2) is 53.9 Å². The standard InChI is InChI=1S/C19H16ClN3O3S/c1-26-18(25)15-7-2-3-8-16(15)23-17(24)10-14-11-27-19(22-14)21-13-6-4-5-12(20)9-13/h2-9,11H,10H2,1H3,(H,21,22)(H,23,24). The van der Waals surface area contributed by atoms with Gasteiger partial charge in [-0.2, -0.15) is 0 Å². The first-order chi connectivity index (χ1) is 13.0. The van der Waals surface area contributed by atoms with Crippen LogP contribution in [-0.2, 0) is 16.0 Å². The molecule has 1 aromatic heterocycles. The van der Waals surface area contributed by atoms with Crippen LogP contribution in [0.3, 0.4) is 0 Å². The summed E-state index contributed by atoms with van der Waals surface area (Å²) in [7, 11) is 1.30. The molecule has 6 nitrogen and oxygen atoms in total. The number of rotatable bonds is 6. The molecule has 0 bridgehead atoms. The maximum absolute atomic E-state index is 12.3. The van der Waals surface area contributed by atoms with E-state index in [0.29, 0.717) is 27.1 Å². The van der Waals surface area contributed by atoms with Crippen LogP contribution >= 0.6 is 22.9 Å². The molecular formula is C19H16ClN3O3S. The first kappa shape index (κ1) is 18.9. The van der Waals surface area contributed by atoms with E-state index in [4.69, 9.17) is 16.3 Å². The van der Waals surface area contributed by atoms with E-state index in [1.807, 2.05) is 12.1 Å². The maximum atomic E-state index is 12.3. The number of nitrogens with one attached hydrogen (secondary N) is 2. The highest BCUT2D eigenvalue weighted by atomic mass is 35.5. The Balaban J connectivity index is 1.64. The normalized spacial score (nSPS) is 10.3. The van der Waals surface area contributed by atoms with Crippen LogP contribution < -0.4 is 10.6 Å². The molecule has 0 radical (unpaired) electrons. The average Bonchev–Trinajstić information content (AvgIpc) is 3.08. The zero-order valence-corrected chi connectivity index (χ0v) is 15.9. The number of carbonyl (C=O) groups is 2. The van der Waals surface area contributed by atoms with Crippen molar-refractivity contribution in [3.8, 4) is 0 Å². The molecule has 3 rings (SSSR count). The van der Waals surface area contributed by atoms with Gasteiger partial charge in [0.05, 0.1) is 30.5 Å². The summed E-state index contributed by atoms with van der Waals surface area (Å²) in [5.74, 6) is -0.779. The Kier molecular flexibility index (Phi) is 6.05. The third-order valence-electron chi connectivity index (χ3n) is 3.58. The lowest BCUT2D eigenvalue weighted by Crippen LogP contribution is -2.17. The van der Waals surface area contributed by atoms with Gasteiger partial charge in [0.25, 0.3) is 0 Å². The zero-order chi connectivity index (χ0) is 19.2. The second kappa shape index (κ2) is 8.66. The summed E-state index contributed by atoms with van der Waals surface area (Å²) in [6, 6.07) is 14.0. The van der Waals surface area contributed by atoms with Gasteiger partial charge in [0, 0.05) is 16.1 Å². The van der Waals surface area contributed by atoms with Crippen LogP contribution in [-0.4, -0.2) is 24.0 Å². The van der Waals surface area contributed by atoms with E-state index in [0.717, 1.165) is 5.69 Å². The Hall–Kier alpha value is -2.90. The smallest absolute Gasteiger partial charge is 0.339 e. The van der Waals surface area contributed by atoms with Gasteiger partial charge in [0.1, 0.15) is 0 Å².